The van der Waals surface area contributed by atoms with Gasteiger partial charge in [0, 0.05) is 0 Å². The van der Waals surface area contributed by atoms with Gasteiger partial charge in [-0.2, -0.15) is 14.7 Å². The fraction of sp³-hybridized carbons (Fsp3) is 0.286. The quantitative estimate of drug-likeness (QED) is 0.551. The zero-order valence-electron chi connectivity index (χ0n) is 6.77. The van der Waals surface area contributed by atoms with Gasteiger partial charge in [-0.05, 0) is 12.5 Å². The maximum absolute atomic E-state index is 11.1. The summed E-state index contributed by atoms with van der Waals surface area (Å²) < 4.78 is 0. The molecule has 66 valence electrons. The van der Waals surface area contributed by atoms with E-state index in [1.807, 2.05) is 0 Å². The lowest BCUT2D eigenvalue weighted by Crippen LogP contribution is -3.05. The van der Waals surface area contributed by atoms with Gasteiger partial charge in [0.2, 0.25) is 0 Å². The summed E-state index contributed by atoms with van der Waals surface area (Å²) in [6.07, 6.45) is 0. The van der Waals surface area contributed by atoms with E-state index in [0.29, 0.717) is 5.57 Å². The van der Waals surface area contributed by atoms with Crippen molar-refractivity contribution in [2.45, 2.75) is 12.7 Å². The number of nitrogens with zero attached hydrogens (tertiary/aromatic N) is 3. The number of rotatable bonds is 1. The topological polar surface area (TPSA) is 60.9 Å². The summed E-state index contributed by atoms with van der Waals surface area (Å²) in [5.41, 5.74) is 0.603. The molecule has 3 heterocycles. The van der Waals surface area contributed by atoms with Gasteiger partial charge >= 0.3 is 18.1 Å². The van der Waals surface area contributed by atoms with Crippen LogP contribution in [-0.4, -0.2) is 38.6 Å². The van der Waals surface area contributed by atoms with E-state index in [0.717, 1.165) is 14.7 Å². The van der Waals surface area contributed by atoms with Crippen LogP contribution in [0.3, 0.4) is 0 Å². The highest BCUT2D eigenvalue weighted by molar-refractivity contribution is 6.26. The van der Waals surface area contributed by atoms with Crippen LogP contribution in [0.1, 0.15) is 6.92 Å². The first-order valence-electron chi connectivity index (χ1n) is 3.73. The highest BCUT2D eigenvalue weighted by atomic mass is 16.3. The number of carbonyl (C=O) groups is 3. The molecule has 0 aliphatic carbocycles. The van der Waals surface area contributed by atoms with Crippen molar-refractivity contribution in [3.05, 3.63) is 12.2 Å². The lowest BCUT2D eigenvalue weighted by Gasteiger charge is -2.75. The number of carbonyl (C=O) groups excluding carboxylic acids is 3. The minimum Gasteiger partial charge on any atom is -0.247 e. The van der Waals surface area contributed by atoms with Gasteiger partial charge in [0.15, 0.2) is 0 Å². The fourth-order valence-corrected chi connectivity index (χ4v) is 2.08. The predicted octanol–water partition coefficient (Wildman–Crippen LogP) is 0.523. The second kappa shape index (κ2) is 1.34. The molecule has 6 nitrogen and oxygen atoms in total. The molecule has 0 radical (unpaired) electrons. The minimum atomic E-state index is -0.911. The number of hydrogen-bond donors (Lipinski definition) is 0. The largest absolute Gasteiger partial charge is 0.343 e. The molecule has 6 heteroatoms. The fourth-order valence-electron chi connectivity index (χ4n) is 2.08. The zero-order chi connectivity index (χ0) is 9.54. The maximum Gasteiger partial charge on any atom is 0.343 e. The van der Waals surface area contributed by atoms with Crippen molar-refractivity contribution in [3.8, 4) is 0 Å². The molecule has 3 aliphatic rings. The Balaban J connectivity index is 2.16. The standard InChI is InChI=1S/C7H5N3O3/c1-3(2)7-8-4(11)9(7)6(13)10(7)5(8)12/h1H2,2H3. The van der Waals surface area contributed by atoms with Gasteiger partial charge in [-0.3, -0.25) is 0 Å². The van der Waals surface area contributed by atoms with Gasteiger partial charge in [0.1, 0.15) is 0 Å². The van der Waals surface area contributed by atoms with Gasteiger partial charge in [-0.15, -0.1) is 0 Å². The molecule has 0 aromatic carbocycles. The Bertz CT molecular complexity index is 345. The molecular weight excluding hydrogens is 174 g/mol. The van der Waals surface area contributed by atoms with Gasteiger partial charge in [0.25, 0.3) is 5.79 Å². The lowest BCUT2D eigenvalue weighted by molar-refractivity contribution is -0.210. The second-order valence-electron chi connectivity index (χ2n) is 3.27. The zero-order valence-corrected chi connectivity index (χ0v) is 6.77. The molecule has 0 aromatic rings. The number of imide groups is 3. The third-order valence-electron chi connectivity index (χ3n) is 2.66. The molecule has 6 amide bonds. The molecule has 0 unspecified atom stereocenters. The van der Waals surface area contributed by atoms with Crippen LogP contribution in [0.5, 0.6) is 0 Å². The van der Waals surface area contributed by atoms with Crippen molar-refractivity contribution >= 4 is 18.1 Å². The smallest absolute Gasteiger partial charge is 0.247 e. The molecular formula is C7H5N3O3. The van der Waals surface area contributed by atoms with E-state index in [1.54, 1.807) is 6.92 Å². The van der Waals surface area contributed by atoms with E-state index in [9.17, 15) is 14.4 Å². The first kappa shape index (κ1) is 6.64. The highest BCUT2D eigenvalue weighted by Crippen LogP contribution is 2.58. The lowest BCUT2D eigenvalue weighted by atomic mass is 9.90. The average molecular weight is 179 g/mol. The van der Waals surface area contributed by atoms with Crippen LogP contribution in [0.4, 0.5) is 14.4 Å². The van der Waals surface area contributed by atoms with Gasteiger partial charge in [-0.1, -0.05) is 6.58 Å². The Morgan fingerprint density at radius 3 is 1.62 bits per heavy atom. The van der Waals surface area contributed by atoms with E-state index in [-0.39, 0.29) is 0 Å². The maximum atomic E-state index is 11.1. The first-order valence-corrected chi connectivity index (χ1v) is 3.73. The van der Waals surface area contributed by atoms with Crippen molar-refractivity contribution in [1.82, 2.24) is 14.7 Å². The molecule has 0 spiro atoms. The van der Waals surface area contributed by atoms with Gasteiger partial charge < -0.3 is 0 Å². The van der Waals surface area contributed by atoms with Crippen LogP contribution in [-0.2, 0) is 0 Å². The molecule has 3 fully saturated rings. The van der Waals surface area contributed by atoms with Crippen molar-refractivity contribution in [1.29, 1.82) is 0 Å². The Kier molecular flexibility index (Phi) is 0.687. The normalized spacial score (nSPS) is 26.2. The number of hydrogen-bond acceptors (Lipinski definition) is 3. The van der Waals surface area contributed by atoms with Crippen molar-refractivity contribution in [2.75, 3.05) is 0 Å². The van der Waals surface area contributed by atoms with Crippen LogP contribution < -0.4 is 0 Å². The van der Waals surface area contributed by atoms with Crippen LogP contribution in [0.2, 0.25) is 0 Å². The average Bonchev–Trinajstić information content (AvgIpc) is 1.97. The Morgan fingerprint density at radius 2 is 1.38 bits per heavy atom. The first-order chi connectivity index (χ1) is 6.04. The summed E-state index contributed by atoms with van der Waals surface area (Å²) in [7, 11) is 0. The van der Waals surface area contributed by atoms with Crippen LogP contribution in [0.15, 0.2) is 12.2 Å². The van der Waals surface area contributed by atoms with E-state index in [4.69, 9.17) is 0 Å². The van der Waals surface area contributed by atoms with Crippen LogP contribution in [0, 0.1) is 0 Å². The SMILES string of the molecule is C=C(C)C12N3C(=O)N1C(=O)N2C3=O. The molecule has 0 saturated carbocycles. The van der Waals surface area contributed by atoms with Crippen LogP contribution in [0.25, 0.3) is 0 Å². The summed E-state index contributed by atoms with van der Waals surface area (Å²) >= 11 is 0. The highest BCUT2D eigenvalue weighted by Gasteiger charge is 2.87. The van der Waals surface area contributed by atoms with Crippen molar-refractivity contribution < 1.29 is 14.4 Å². The van der Waals surface area contributed by atoms with Crippen molar-refractivity contribution in [3.63, 3.8) is 0 Å². The third kappa shape index (κ3) is 0.317. The number of urea groups is 3. The van der Waals surface area contributed by atoms with E-state index in [1.165, 1.54) is 0 Å². The van der Waals surface area contributed by atoms with E-state index >= 15 is 0 Å². The van der Waals surface area contributed by atoms with Crippen molar-refractivity contribution in [2.24, 2.45) is 0 Å². The molecule has 0 bridgehead atoms. The summed E-state index contributed by atoms with van der Waals surface area (Å²) in [6, 6.07) is -1.62. The molecule has 0 aromatic heterocycles. The summed E-state index contributed by atoms with van der Waals surface area (Å²) in [5.74, 6) is -0.911. The molecule has 3 rings (SSSR count). The Hall–Kier alpha value is -1.85. The Morgan fingerprint density at radius 1 is 1.08 bits per heavy atom. The van der Waals surface area contributed by atoms with Gasteiger partial charge in [0.05, 0.1) is 0 Å². The summed E-state index contributed by atoms with van der Waals surface area (Å²) in [6.45, 7) is 5.33. The van der Waals surface area contributed by atoms with Gasteiger partial charge in [-0.25, -0.2) is 14.4 Å². The van der Waals surface area contributed by atoms with E-state index in [2.05, 4.69) is 6.58 Å². The monoisotopic (exact) mass is 179 g/mol. The third-order valence-corrected chi connectivity index (χ3v) is 2.66. The predicted molar refractivity (Wildman–Crippen MR) is 39.3 cm³/mol. The second-order valence-corrected chi connectivity index (χ2v) is 3.27. The van der Waals surface area contributed by atoms with E-state index < -0.39 is 23.9 Å². The molecule has 3 saturated heterocycles. The minimum absolute atomic E-state index is 0.541. The molecule has 0 atom stereocenters. The summed E-state index contributed by atoms with van der Waals surface area (Å²) in [4.78, 5) is 36.5. The molecule has 13 heavy (non-hydrogen) atoms. The van der Waals surface area contributed by atoms with Crippen LogP contribution >= 0.6 is 0 Å². The number of amides is 6. The Labute approximate surface area is 73.0 Å². The molecule has 3 aliphatic heterocycles. The summed E-state index contributed by atoms with van der Waals surface area (Å²) in [5, 5.41) is 0. The molecule has 0 N–H and O–H groups in total.